The fraction of sp³-hybridized carbons (Fsp3) is 0.154. The normalized spacial score (nSPS) is 15.1. The summed E-state index contributed by atoms with van der Waals surface area (Å²) in [7, 11) is 0. The van der Waals surface area contributed by atoms with Gasteiger partial charge in [0.2, 0.25) is 11.8 Å². The number of carboxylic acid groups (broad SMARTS) is 1. The van der Waals surface area contributed by atoms with Crippen LogP contribution in [0.4, 0.5) is 0 Å². The number of piperazine rings is 1. The molecule has 2 rings (SSSR count). The molecular formula is C13H11N3O5. The number of aromatic nitrogens is 1. The summed E-state index contributed by atoms with van der Waals surface area (Å²) in [6, 6.07) is 1.40. The first-order valence-electron chi connectivity index (χ1n) is 5.94. The highest BCUT2D eigenvalue weighted by molar-refractivity contribution is 6.07. The zero-order valence-corrected chi connectivity index (χ0v) is 10.8. The van der Waals surface area contributed by atoms with Crippen LogP contribution in [0, 0.1) is 0 Å². The third kappa shape index (κ3) is 3.50. The van der Waals surface area contributed by atoms with Crippen molar-refractivity contribution >= 4 is 29.8 Å². The number of nitrogens with one attached hydrogen (secondary N) is 1. The number of hydrogen-bond acceptors (Lipinski definition) is 5. The molecule has 0 atom stereocenters. The van der Waals surface area contributed by atoms with E-state index in [0.29, 0.717) is 5.56 Å². The van der Waals surface area contributed by atoms with Crippen LogP contribution in [0.15, 0.2) is 24.5 Å². The van der Waals surface area contributed by atoms with Crippen LogP contribution in [0.5, 0.6) is 0 Å². The van der Waals surface area contributed by atoms with E-state index in [4.69, 9.17) is 5.11 Å². The highest BCUT2D eigenvalue weighted by Crippen LogP contribution is 2.13. The van der Waals surface area contributed by atoms with Gasteiger partial charge in [-0.15, -0.1) is 0 Å². The molecule has 21 heavy (non-hydrogen) atoms. The Balaban J connectivity index is 2.28. The Morgan fingerprint density at radius 3 is 2.57 bits per heavy atom. The van der Waals surface area contributed by atoms with E-state index < -0.39 is 23.7 Å². The Kier molecular flexibility index (Phi) is 4.07. The zero-order chi connectivity index (χ0) is 15.4. The lowest BCUT2D eigenvalue weighted by Gasteiger charge is -2.25. The Morgan fingerprint density at radius 1 is 1.29 bits per heavy atom. The molecule has 108 valence electrons. The topological polar surface area (TPSA) is 117 Å². The molecule has 0 unspecified atom stereocenters. The summed E-state index contributed by atoms with van der Waals surface area (Å²) < 4.78 is 0. The first kappa shape index (κ1) is 14.4. The predicted octanol–water partition coefficient (Wildman–Crippen LogP) is -0.722. The molecule has 2 heterocycles. The van der Waals surface area contributed by atoms with Crippen molar-refractivity contribution in [3.63, 3.8) is 0 Å². The number of aliphatic carboxylic acids is 1. The SMILES string of the molecule is O=C(O)C=Cc1cnccc1C(=O)N1CC(=O)NC(=O)C1. The van der Waals surface area contributed by atoms with Gasteiger partial charge in [0.25, 0.3) is 5.91 Å². The van der Waals surface area contributed by atoms with Crippen LogP contribution < -0.4 is 5.32 Å². The number of pyridine rings is 1. The van der Waals surface area contributed by atoms with Gasteiger partial charge in [-0.1, -0.05) is 0 Å². The molecule has 0 aromatic carbocycles. The molecule has 1 aliphatic rings. The lowest BCUT2D eigenvalue weighted by molar-refractivity contribution is -0.135. The van der Waals surface area contributed by atoms with Crippen molar-refractivity contribution in [2.75, 3.05) is 13.1 Å². The van der Waals surface area contributed by atoms with Crippen molar-refractivity contribution in [2.45, 2.75) is 0 Å². The minimum Gasteiger partial charge on any atom is -0.478 e. The standard InChI is InChI=1S/C13H11N3O5/c17-10-6-16(7-11(18)15-10)13(21)9-3-4-14-5-8(9)1-2-12(19)20/h1-5H,6-7H2,(H,19,20)(H,15,17,18). The summed E-state index contributed by atoms with van der Waals surface area (Å²) in [6.45, 7) is -0.454. The van der Waals surface area contributed by atoms with Crippen molar-refractivity contribution in [3.8, 4) is 0 Å². The number of rotatable bonds is 3. The highest BCUT2D eigenvalue weighted by Gasteiger charge is 2.27. The van der Waals surface area contributed by atoms with E-state index in [0.717, 1.165) is 11.0 Å². The third-order valence-corrected chi connectivity index (χ3v) is 2.72. The second kappa shape index (κ2) is 5.95. The maximum Gasteiger partial charge on any atom is 0.328 e. The van der Waals surface area contributed by atoms with E-state index in [1.807, 2.05) is 0 Å². The molecule has 1 aromatic rings. The number of hydrogen-bond donors (Lipinski definition) is 2. The van der Waals surface area contributed by atoms with Gasteiger partial charge in [0.1, 0.15) is 13.1 Å². The monoisotopic (exact) mass is 289 g/mol. The lowest BCUT2D eigenvalue weighted by atomic mass is 10.1. The van der Waals surface area contributed by atoms with Gasteiger partial charge in [-0.3, -0.25) is 24.7 Å². The average molecular weight is 289 g/mol. The maximum absolute atomic E-state index is 12.3. The molecule has 0 saturated carbocycles. The van der Waals surface area contributed by atoms with Crippen molar-refractivity contribution in [2.24, 2.45) is 0 Å². The number of carboxylic acids is 1. The highest BCUT2D eigenvalue weighted by atomic mass is 16.4. The van der Waals surface area contributed by atoms with Crippen LogP contribution in [0.25, 0.3) is 6.08 Å². The molecule has 3 amide bonds. The smallest absolute Gasteiger partial charge is 0.328 e. The molecule has 0 bridgehead atoms. The van der Waals surface area contributed by atoms with Crippen molar-refractivity contribution in [3.05, 3.63) is 35.7 Å². The van der Waals surface area contributed by atoms with Crippen LogP contribution in [-0.4, -0.2) is 51.8 Å². The molecule has 0 spiro atoms. The first-order valence-corrected chi connectivity index (χ1v) is 5.94. The molecule has 0 radical (unpaired) electrons. The van der Waals surface area contributed by atoms with E-state index in [1.54, 1.807) is 0 Å². The van der Waals surface area contributed by atoms with Crippen LogP contribution in [0.2, 0.25) is 0 Å². The summed E-state index contributed by atoms with van der Waals surface area (Å²) in [4.78, 5) is 50.4. The van der Waals surface area contributed by atoms with Crippen molar-refractivity contribution in [1.29, 1.82) is 0 Å². The minimum atomic E-state index is -1.16. The van der Waals surface area contributed by atoms with Gasteiger partial charge < -0.3 is 10.0 Å². The molecule has 2 N–H and O–H groups in total. The van der Waals surface area contributed by atoms with E-state index in [-0.39, 0.29) is 18.7 Å². The van der Waals surface area contributed by atoms with Gasteiger partial charge in [0.05, 0.1) is 0 Å². The van der Waals surface area contributed by atoms with Crippen LogP contribution in [-0.2, 0) is 14.4 Å². The minimum absolute atomic E-state index is 0.171. The van der Waals surface area contributed by atoms with E-state index >= 15 is 0 Å². The summed E-state index contributed by atoms with van der Waals surface area (Å²) in [5.74, 6) is -2.82. The molecule has 0 aliphatic carbocycles. The van der Waals surface area contributed by atoms with Crippen molar-refractivity contribution in [1.82, 2.24) is 15.2 Å². The quantitative estimate of drug-likeness (QED) is 0.560. The maximum atomic E-state index is 12.3. The van der Waals surface area contributed by atoms with Gasteiger partial charge in [-0.05, 0) is 12.1 Å². The average Bonchev–Trinajstić information content (AvgIpc) is 2.43. The van der Waals surface area contributed by atoms with Crippen LogP contribution in [0.3, 0.4) is 0 Å². The largest absolute Gasteiger partial charge is 0.478 e. The second-order valence-corrected chi connectivity index (χ2v) is 4.27. The molecule has 1 saturated heterocycles. The Hall–Kier alpha value is -3.03. The molecule has 8 nitrogen and oxygen atoms in total. The lowest BCUT2D eigenvalue weighted by Crippen LogP contribution is -2.53. The number of amides is 3. The molecule has 8 heteroatoms. The summed E-state index contributed by atoms with van der Waals surface area (Å²) in [5, 5.41) is 10.7. The Labute approximate surface area is 119 Å². The molecular weight excluding hydrogens is 278 g/mol. The van der Waals surface area contributed by atoms with Gasteiger partial charge in [-0.2, -0.15) is 0 Å². The number of nitrogens with zero attached hydrogens (tertiary/aromatic N) is 2. The number of carbonyl (C=O) groups excluding carboxylic acids is 3. The number of imide groups is 1. The van der Waals surface area contributed by atoms with Gasteiger partial charge in [0.15, 0.2) is 0 Å². The molecule has 1 aromatic heterocycles. The summed E-state index contributed by atoms with van der Waals surface area (Å²) in [6.07, 6.45) is 4.81. The second-order valence-electron chi connectivity index (χ2n) is 4.27. The van der Waals surface area contributed by atoms with Crippen molar-refractivity contribution < 1.29 is 24.3 Å². The van der Waals surface area contributed by atoms with E-state index in [9.17, 15) is 19.2 Å². The van der Waals surface area contributed by atoms with Gasteiger partial charge in [0, 0.05) is 29.6 Å². The number of carbonyl (C=O) groups is 4. The first-order chi connectivity index (χ1) is 9.97. The van der Waals surface area contributed by atoms with Gasteiger partial charge >= 0.3 is 5.97 Å². The predicted molar refractivity (Wildman–Crippen MR) is 70.0 cm³/mol. The third-order valence-electron chi connectivity index (χ3n) is 2.72. The Bertz CT molecular complexity index is 637. The fourth-order valence-corrected chi connectivity index (χ4v) is 1.85. The van der Waals surface area contributed by atoms with Crippen LogP contribution >= 0.6 is 0 Å². The van der Waals surface area contributed by atoms with E-state index in [2.05, 4.69) is 10.3 Å². The summed E-state index contributed by atoms with van der Waals surface area (Å²) >= 11 is 0. The summed E-state index contributed by atoms with van der Waals surface area (Å²) in [5.41, 5.74) is 0.466. The van der Waals surface area contributed by atoms with E-state index in [1.165, 1.54) is 24.5 Å². The molecule has 1 fully saturated rings. The Morgan fingerprint density at radius 2 is 1.95 bits per heavy atom. The van der Waals surface area contributed by atoms with Crippen LogP contribution in [0.1, 0.15) is 15.9 Å². The molecule has 1 aliphatic heterocycles. The van der Waals surface area contributed by atoms with Gasteiger partial charge in [-0.25, -0.2) is 4.79 Å². The fourth-order valence-electron chi connectivity index (χ4n) is 1.85. The zero-order valence-electron chi connectivity index (χ0n) is 10.8.